The van der Waals surface area contributed by atoms with E-state index >= 15 is 0 Å². The highest BCUT2D eigenvalue weighted by atomic mass is 32.2. The van der Waals surface area contributed by atoms with Crippen molar-refractivity contribution in [2.45, 2.75) is 45.6 Å². The van der Waals surface area contributed by atoms with Gasteiger partial charge in [-0.05, 0) is 67.6 Å². The second-order valence-corrected chi connectivity index (χ2v) is 10.9. The van der Waals surface area contributed by atoms with Gasteiger partial charge in [0.25, 0.3) is 0 Å². The number of aryl methyl sites for hydroxylation is 1. The van der Waals surface area contributed by atoms with E-state index in [1.54, 1.807) is 11.0 Å². The molecule has 7 nitrogen and oxygen atoms in total. The summed E-state index contributed by atoms with van der Waals surface area (Å²) in [7, 11) is -3.35. The van der Waals surface area contributed by atoms with Gasteiger partial charge in [-0.3, -0.25) is 19.2 Å². The Balaban J connectivity index is 1.68. The molecule has 0 saturated heterocycles. The Labute approximate surface area is 189 Å². The molecule has 2 aromatic carbocycles. The van der Waals surface area contributed by atoms with Crippen LogP contribution in [0.15, 0.2) is 36.4 Å². The fourth-order valence-corrected chi connectivity index (χ4v) is 5.28. The SMILES string of the molecule is CC(=O)N1c2ccc(-c3ccc(NS(C)(=O)=O)c(C)c3)cc2NC[C@@]1(C)C(=O)C1CCC1. The van der Waals surface area contributed by atoms with Gasteiger partial charge < -0.3 is 5.32 Å². The summed E-state index contributed by atoms with van der Waals surface area (Å²) in [6.45, 7) is 5.58. The summed E-state index contributed by atoms with van der Waals surface area (Å²) in [6.07, 6.45) is 3.99. The molecule has 1 amide bonds. The molecule has 0 radical (unpaired) electrons. The molecule has 1 aliphatic carbocycles. The third-order valence-electron chi connectivity index (χ3n) is 6.53. The first-order valence-corrected chi connectivity index (χ1v) is 12.7. The lowest BCUT2D eigenvalue weighted by Crippen LogP contribution is -2.63. The van der Waals surface area contributed by atoms with Gasteiger partial charge in [0, 0.05) is 19.4 Å². The Morgan fingerprint density at radius 2 is 1.78 bits per heavy atom. The minimum atomic E-state index is -3.35. The summed E-state index contributed by atoms with van der Waals surface area (Å²) < 4.78 is 25.6. The minimum absolute atomic E-state index is 0.0338. The molecule has 0 unspecified atom stereocenters. The number of amides is 1. The second kappa shape index (κ2) is 7.92. The Morgan fingerprint density at radius 1 is 1.12 bits per heavy atom. The van der Waals surface area contributed by atoms with Crippen molar-refractivity contribution in [3.63, 3.8) is 0 Å². The minimum Gasteiger partial charge on any atom is -0.381 e. The zero-order valence-corrected chi connectivity index (χ0v) is 19.7. The van der Waals surface area contributed by atoms with Crippen molar-refractivity contribution < 1.29 is 18.0 Å². The summed E-state index contributed by atoms with van der Waals surface area (Å²) in [5.41, 5.74) is 3.81. The second-order valence-electron chi connectivity index (χ2n) is 9.11. The molecule has 1 atom stereocenters. The summed E-state index contributed by atoms with van der Waals surface area (Å²) in [4.78, 5) is 27.5. The third-order valence-corrected chi connectivity index (χ3v) is 7.12. The highest BCUT2D eigenvalue weighted by molar-refractivity contribution is 7.92. The Morgan fingerprint density at radius 3 is 2.34 bits per heavy atom. The number of nitrogens with zero attached hydrogens (tertiary/aromatic N) is 1. The van der Waals surface area contributed by atoms with Crippen molar-refractivity contribution in [1.82, 2.24) is 0 Å². The average Bonchev–Trinajstić information content (AvgIpc) is 2.66. The quantitative estimate of drug-likeness (QED) is 0.712. The van der Waals surface area contributed by atoms with Gasteiger partial charge in [0.1, 0.15) is 5.54 Å². The summed E-state index contributed by atoms with van der Waals surface area (Å²) in [5.74, 6) is 0.0139. The molecule has 4 rings (SSSR count). The topological polar surface area (TPSA) is 95.6 Å². The Hall–Kier alpha value is -2.87. The van der Waals surface area contributed by atoms with Gasteiger partial charge >= 0.3 is 0 Å². The van der Waals surface area contributed by atoms with Crippen LogP contribution in [0.5, 0.6) is 0 Å². The molecule has 32 heavy (non-hydrogen) atoms. The van der Waals surface area contributed by atoms with Crippen molar-refractivity contribution in [2.75, 3.05) is 27.7 Å². The lowest BCUT2D eigenvalue weighted by atomic mass is 9.73. The number of anilines is 3. The highest BCUT2D eigenvalue weighted by Gasteiger charge is 2.48. The molecule has 2 aliphatic rings. The molecular formula is C24H29N3O4S. The van der Waals surface area contributed by atoms with Crippen LogP contribution in [0.25, 0.3) is 11.1 Å². The van der Waals surface area contributed by atoms with Crippen molar-refractivity contribution in [2.24, 2.45) is 5.92 Å². The van der Waals surface area contributed by atoms with Crippen LogP contribution in [-0.4, -0.2) is 38.4 Å². The number of carbonyl (C=O) groups is 2. The molecule has 1 saturated carbocycles. The van der Waals surface area contributed by atoms with Crippen LogP contribution < -0.4 is 14.9 Å². The predicted molar refractivity (Wildman–Crippen MR) is 127 cm³/mol. The summed E-state index contributed by atoms with van der Waals surface area (Å²) in [6, 6.07) is 11.3. The number of ketones is 1. The van der Waals surface area contributed by atoms with Gasteiger partial charge in [0.15, 0.2) is 5.78 Å². The maximum atomic E-state index is 13.2. The van der Waals surface area contributed by atoms with Gasteiger partial charge in [0.05, 0.1) is 23.3 Å². The van der Waals surface area contributed by atoms with E-state index in [0.717, 1.165) is 47.9 Å². The van der Waals surface area contributed by atoms with Gasteiger partial charge in [-0.15, -0.1) is 0 Å². The number of sulfonamides is 1. The molecule has 0 spiro atoms. The van der Waals surface area contributed by atoms with Gasteiger partial charge in [-0.1, -0.05) is 18.6 Å². The van der Waals surface area contributed by atoms with Crippen molar-refractivity contribution in [1.29, 1.82) is 0 Å². The zero-order valence-electron chi connectivity index (χ0n) is 18.9. The molecule has 170 valence electrons. The number of nitrogens with one attached hydrogen (secondary N) is 2. The molecule has 2 N–H and O–H groups in total. The molecule has 8 heteroatoms. The smallest absolute Gasteiger partial charge is 0.229 e. The first kappa shape index (κ1) is 22.3. The van der Waals surface area contributed by atoms with E-state index < -0.39 is 15.6 Å². The van der Waals surface area contributed by atoms with Crippen molar-refractivity contribution >= 4 is 38.8 Å². The predicted octanol–water partition coefficient (Wildman–Crippen LogP) is 3.94. The number of hydrogen-bond donors (Lipinski definition) is 2. The molecular weight excluding hydrogens is 426 g/mol. The molecule has 1 heterocycles. The zero-order chi connectivity index (χ0) is 23.3. The van der Waals surface area contributed by atoms with Crippen LogP contribution in [-0.2, 0) is 19.6 Å². The highest BCUT2D eigenvalue weighted by Crippen LogP contribution is 2.42. The van der Waals surface area contributed by atoms with Gasteiger partial charge in [-0.25, -0.2) is 8.42 Å². The first-order valence-electron chi connectivity index (χ1n) is 10.8. The van der Waals surface area contributed by atoms with E-state index in [1.165, 1.54) is 6.92 Å². The molecule has 1 aliphatic heterocycles. The van der Waals surface area contributed by atoms with Gasteiger partial charge in [0.2, 0.25) is 15.9 Å². The van der Waals surface area contributed by atoms with E-state index in [2.05, 4.69) is 10.0 Å². The Kier molecular flexibility index (Phi) is 5.53. The molecule has 0 aromatic heterocycles. The van der Waals surface area contributed by atoms with Gasteiger partial charge in [-0.2, -0.15) is 0 Å². The lowest BCUT2D eigenvalue weighted by Gasteiger charge is -2.47. The normalized spacial score (nSPS) is 20.7. The average molecular weight is 456 g/mol. The van der Waals surface area contributed by atoms with Crippen LogP contribution in [0, 0.1) is 12.8 Å². The maximum absolute atomic E-state index is 13.2. The van der Waals surface area contributed by atoms with Crippen LogP contribution >= 0.6 is 0 Å². The maximum Gasteiger partial charge on any atom is 0.229 e. The third kappa shape index (κ3) is 3.99. The fraction of sp³-hybridized carbons (Fsp3) is 0.417. The fourth-order valence-electron chi connectivity index (χ4n) is 4.65. The van der Waals surface area contributed by atoms with Crippen molar-refractivity contribution in [3.8, 4) is 11.1 Å². The van der Waals surface area contributed by atoms with Crippen LogP contribution in [0.3, 0.4) is 0 Å². The molecule has 1 fully saturated rings. The molecule has 0 bridgehead atoms. The van der Waals surface area contributed by atoms with E-state index in [1.807, 2.05) is 44.2 Å². The largest absolute Gasteiger partial charge is 0.381 e. The van der Waals surface area contributed by atoms with Crippen molar-refractivity contribution in [3.05, 3.63) is 42.0 Å². The van der Waals surface area contributed by atoms with E-state index in [-0.39, 0.29) is 17.6 Å². The number of fused-ring (bicyclic) bond motifs is 1. The Bertz CT molecular complexity index is 1200. The number of hydrogen-bond acceptors (Lipinski definition) is 5. The number of carbonyl (C=O) groups excluding carboxylic acids is 2. The van der Waals surface area contributed by atoms with E-state index in [4.69, 9.17) is 0 Å². The van der Waals surface area contributed by atoms with Crippen LogP contribution in [0.2, 0.25) is 0 Å². The monoisotopic (exact) mass is 455 g/mol. The molecule has 2 aromatic rings. The lowest BCUT2D eigenvalue weighted by molar-refractivity contribution is -0.132. The standard InChI is InChI=1S/C24H29N3O4S/c1-15-12-18(8-10-20(15)26-32(4,30)31)19-9-11-22-21(13-19)25-14-24(3,27(22)16(2)28)23(29)17-6-5-7-17/h8-13,17,25-26H,5-7,14H2,1-4H3/t24-/m0/s1. The van der Waals surface area contributed by atoms with Crippen LogP contribution in [0.4, 0.5) is 17.1 Å². The van der Waals surface area contributed by atoms with Crippen LogP contribution in [0.1, 0.15) is 38.7 Å². The number of benzene rings is 2. The number of rotatable bonds is 5. The van der Waals surface area contributed by atoms with E-state index in [9.17, 15) is 18.0 Å². The first-order chi connectivity index (χ1) is 15.0. The summed E-state index contributed by atoms with van der Waals surface area (Å²) >= 11 is 0. The summed E-state index contributed by atoms with van der Waals surface area (Å²) in [5, 5.41) is 3.38. The number of Topliss-reactive ketones (excluding diaryl/α,β-unsaturated/α-hetero) is 1. The van der Waals surface area contributed by atoms with E-state index in [0.29, 0.717) is 17.9 Å².